The Morgan fingerprint density at radius 1 is 1.27 bits per heavy atom. The Labute approximate surface area is 90.0 Å². The number of rotatable bonds is 2. The summed E-state index contributed by atoms with van der Waals surface area (Å²) in [6.45, 7) is 1.92. The second kappa shape index (κ2) is 4.21. The monoisotopic (exact) mass is 210 g/mol. The summed E-state index contributed by atoms with van der Waals surface area (Å²) in [6, 6.07) is -0.305. The molecule has 4 heteroatoms. The SMILES string of the molecule is CCC1NC(=O)N(C2CCCCC2)C1=O. The molecule has 0 radical (unpaired) electrons. The molecule has 0 bridgehead atoms. The first kappa shape index (κ1) is 10.5. The summed E-state index contributed by atoms with van der Waals surface area (Å²) in [6.07, 6.45) is 6.16. The van der Waals surface area contributed by atoms with Gasteiger partial charge in [-0.3, -0.25) is 9.69 Å². The van der Waals surface area contributed by atoms with Gasteiger partial charge in [-0.1, -0.05) is 26.2 Å². The molecule has 1 aliphatic carbocycles. The first-order valence-electron chi connectivity index (χ1n) is 5.87. The molecule has 1 atom stereocenters. The summed E-state index contributed by atoms with van der Waals surface area (Å²) in [5.41, 5.74) is 0. The summed E-state index contributed by atoms with van der Waals surface area (Å²) in [4.78, 5) is 25.0. The lowest BCUT2D eigenvalue weighted by molar-refractivity contribution is -0.129. The minimum Gasteiger partial charge on any atom is -0.326 e. The van der Waals surface area contributed by atoms with Gasteiger partial charge in [0.15, 0.2) is 0 Å². The van der Waals surface area contributed by atoms with Crippen LogP contribution >= 0.6 is 0 Å². The molecule has 1 unspecified atom stereocenters. The lowest BCUT2D eigenvalue weighted by Crippen LogP contribution is -2.41. The van der Waals surface area contributed by atoms with Gasteiger partial charge in [-0.05, 0) is 19.3 Å². The average molecular weight is 210 g/mol. The van der Waals surface area contributed by atoms with Gasteiger partial charge in [-0.2, -0.15) is 0 Å². The van der Waals surface area contributed by atoms with Crippen molar-refractivity contribution in [2.45, 2.75) is 57.5 Å². The fourth-order valence-electron chi connectivity index (χ4n) is 2.51. The molecule has 0 aromatic heterocycles. The maximum atomic E-state index is 11.9. The summed E-state index contributed by atoms with van der Waals surface area (Å²) < 4.78 is 0. The van der Waals surface area contributed by atoms with E-state index in [1.54, 1.807) is 0 Å². The minimum absolute atomic E-state index is 0.0191. The van der Waals surface area contributed by atoms with Gasteiger partial charge in [0.2, 0.25) is 0 Å². The van der Waals surface area contributed by atoms with Crippen molar-refractivity contribution in [1.29, 1.82) is 0 Å². The van der Waals surface area contributed by atoms with Crippen LogP contribution in [0, 0.1) is 0 Å². The van der Waals surface area contributed by atoms with E-state index in [0.29, 0.717) is 6.42 Å². The number of imide groups is 1. The molecular formula is C11H18N2O2. The molecule has 0 aromatic rings. The maximum absolute atomic E-state index is 11.9. The molecule has 15 heavy (non-hydrogen) atoms. The predicted molar refractivity (Wildman–Crippen MR) is 56.3 cm³/mol. The Kier molecular flexibility index (Phi) is 2.93. The fourth-order valence-corrected chi connectivity index (χ4v) is 2.51. The highest BCUT2D eigenvalue weighted by Crippen LogP contribution is 2.25. The molecule has 2 aliphatic rings. The van der Waals surface area contributed by atoms with E-state index in [0.717, 1.165) is 25.7 Å². The van der Waals surface area contributed by atoms with E-state index in [1.165, 1.54) is 11.3 Å². The van der Waals surface area contributed by atoms with Crippen molar-refractivity contribution < 1.29 is 9.59 Å². The number of hydrogen-bond donors (Lipinski definition) is 1. The van der Waals surface area contributed by atoms with Crippen LogP contribution in [-0.2, 0) is 4.79 Å². The van der Waals surface area contributed by atoms with Crippen molar-refractivity contribution in [3.05, 3.63) is 0 Å². The highest BCUT2D eigenvalue weighted by Gasteiger charge is 2.41. The molecule has 0 spiro atoms. The highest BCUT2D eigenvalue weighted by molar-refractivity contribution is 6.04. The van der Waals surface area contributed by atoms with Gasteiger partial charge in [0.1, 0.15) is 6.04 Å². The van der Waals surface area contributed by atoms with Crippen LogP contribution in [0.5, 0.6) is 0 Å². The summed E-state index contributed by atoms with van der Waals surface area (Å²) >= 11 is 0. The van der Waals surface area contributed by atoms with E-state index >= 15 is 0 Å². The number of nitrogens with zero attached hydrogens (tertiary/aromatic N) is 1. The summed E-state index contributed by atoms with van der Waals surface area (Å²) in [5.74, 6) is -0.0191. The van der Waals surface area contributed by atoms with E-state index < -0.39 is 0 Å². The van der Waals surface area contributed by atoms with Crippen LogP contribution < -0.4 is 5.32 Å². The Morgan fingerprint density at radius 2 is 1.93 bits per heavy atom. The molecule has 1 saturated heterocycles. The second-order valence-corrected chi connectivity index (χ2v) is 4.41. The lowest BCUT2D eigenvalue weighted by atomic mass is 9.94. The smallest absolute Gasteiger partial charge is 0.325 e. The van der Waals surface area contributed by atoms with Gasteiger partial charge < -0.3 is 5.32 Å². The van der Waals surface area contributed by atoms with Crippen molar-refractivity contribution >= 4 is 11.9 Å². The third-order valence-electron chi connectivity index (χ3n) is 3.40. The number of carbonyl (C=O) groups excluding carboxylic acids is 2. The molecular weight excluding hydrogens is 192 g/mol. The van der Waals surface area contributed by atoms with E-state index in [4.69, 9.17) is 0 Å². The number of hydrogen-bond acceptors (Lipinski definition) is 2. The zero-order valence-electron chi connectivity index (χ0n) is 9.16. The third kappa shape index (κ3) is 1.85. The highest BCUT2D eigenvalue weighted by atomic mass is 16.2. The molecule has 4 nitrogen and oxygen atoms in total. The van der Waals surface area contributed by atoms with Gasteiger partial charge >= 0.3 is 6.03 Å². The van der Waals surface area contributed by atoms with Gasteiger partial charge in [0, 0.05) is 6.04 Å². The lowest BCUT2D eigenvalue weighted by Gasteiger charge is -2.28. The van der Waals surface area contributed by atoms with Crippen LogP contribution in [0.15, 0.2) is 0 Å². The van der Waals surface area contributed by atoms with Crippen LogP contribution in [0.4, 0.5) is 4.79 Å². The van der Waals surface area contributed by atoms with Crippen molar-refractivity contribution in [3.8, 4) is 0 Å². The Hall–Kier alpha value is -1.06. The Bertz CT molecular complexity index is 272. The molecule has 1 heterocycles. The van der Waals surface area contributed by atoms with Gasteiger partial charge in [0.05, 0.1) is 0 Å². The normalized spacial score (nSPS) is 28.3. The molecule has 1 N–H and O–H groups in total. The van der Waals surface area contributed by atoms with Crippen LogP contribution in [0.1, 0.15) is 45.4 Å². The largest absolute Gasteiger partial charge is 0.326 e. The fraction of sp³-hybridized carbons (Fsp3) is 0.818. The van der Waals surface area contributed by atoms with Crippen molar-refractivity contribution in [2.75, 3.05) is 0 Å². The third-order valence-corrected chi connectivity index (χ3v) is 3.40. The van der Waals surface area contributed by atoms with Crippen molar-refractivity contribution in [2.24, 2.45) is 0 Å². The van der Waals surface area contributed by atoms with Gasteiger partial charge in [-0.15, -0.1) is 0 Å². The Balaban J connectivity index is 2.07. The maximum Gasteiger partial charge on any atom is 0.325 e. The topological polar surface area (TPSA) is 49.4 Å². The molecule has 3 amide bonds. The summed E-state index contributed by atoms with van der Waals surface area (Å²) in [7, 11) is 0. The number of amides is 3. The van der Waals surface area contributed by atoms with Crippen LogP contribution in [0.2, 0.25) is 0 Å². The first-order chi connectivity index (χ1) is 7.24. The Morgan fingerprint density at radius 3 is 2.47 bits per heavy atom. The van der Waals surface area contributed by atoms with E-state index in [2.05, 4.69) is 5.32 Å². The van der Waals surface area contributed by atoms with Crippen LogP contribution in [-0.4, -0.2) is 28.9 Å². The zero-order valence-corrected chi connectivity index (χ0v) is 9.16. The molecule has 2 rings (SSSR count). The van der Waals surface area contributed by atoms with Crippen molar-refractivity contribution in [1.82, 2.24) is 10.2 Å². The molecule has 1 aliphatic heterocycles. The predicted octanol–water partition coefficient (Wildman–Crippen LogP) is 1.65. The molecule has 0 aromatic carbocycles. The van der Waals surface area contributed by atoms with Gasteiger partial charge in [0.25, 0.3) is 5.91 Å². The molecule has 2 fully saturated rings. The van der Waals surface area contributed by atoms with Crippen molar-refractivity contribution in [3.63, 3.8) is 0 Å². The van der Waals surface area contributed by atoms with E-state index in [9.17, 15) is 9.59 Å². The van der Waals surface area contributed by atoms with Crippen LogP contribution in [0.25, 0.3) is 0 Å². The number of carbonyl (C=O) groups is 2. The zero-order chi connectivity index (χ0) is 10.8. The number of urea groups is 1. The van der Waals surface area contributed by atoms with Crippen LogP contribution in [0.3, 0.4) is 0 Å². The second-order valence-electron chi connectivity index (χ2n) is 4.41. The minimum atomic E-state index is -0.278. The standard InChI is InChI=1S/C11H18N2O2/c1-2-9-10(14)13(11(15)12-9)8-6-4-3-5-7-8/h8-9H,2-7H2,1H3,(H,12,15). The first-order valence-corrected chi connectivity index (χ1v) is 5.87. The average Bonchev–Trinajstić information content (AvgIpc) is 2.55. The quantitative estimate of drug-likeness (QED) is 0.704. The molecule has 1 saturated carbocycles. The van der Waals surface area contributed by atoms with Gasteiger partial charge in [-0.25, -0.2) is 4.79 Å². The van der Waals surface area contributed by atoms with E-state index in [1.807, 2.05) is 6.92 Å². The number of nitrogens with one attached hydrogen (secondary N) is 1. The summed E-state index contributed by atoms with van der Waals surface area (Å²) in [5, 5.41) is 2.74. The molecule has 84 valence electrons. The van der Waals surface area contributed by atoms with E-state index in [-0.39, 0.29) is 24.0 Å².